The van der Waals surface area contributed by atoms with Crippen LogP contribution in [0.5, 0.6) is 5.75 Å². The molecule has 20 heavy (non-hydrogen) atoms. The number of carbonyl (C=O) groups excluding carboxylic acids is 1. The molecule has 0 aliphatic carbocycles. The molecule has 1 aliphatic rings. The van der Waals surface area contributed by atoms with Crippen LogP contribution in [0.15, 0.2) is 24.3 Å². The molecular weight excluding hydrogens is 256 g/mol. The molecule has 2 atom stereocenters. The van der Waals surface area contributed by atoms with E-state index < -0.39 is 0 Å². The summed E-state index contributed by atoms with van der Waals surface area (Å²) in [5, 5.41) is 12.2. The Hall–Kier alpha value is -1.75. The molecule has 0 radical (unpaired) electrons. The number of rotatable bonds is 4. The van der Waals surface area contributed by atoms with Crippen LogP contribution in [-0.2, 0) is 0 Å². The molecule has 2 rings (SSSR count). The van der Waals surface area contributed by atoms with Gasteiger partial charge in [0.15, 0.2) is 0 Å². The van der Waals surface area contributed by atoms with Crippen LogP contribution in [0.1, 0.15) is 13.3 Å². The zero-order valence-corrected chi connectivity index (χ0v) is 12.0. The van der Waals surface area contributed by atoms with Gasteiger partial charge in [0, 0.05) is 37.4 Å². The van der Waals surface area contributed by atoms with E-state index in [4.69, 9.17) is 4.74 Å². The Labute approximate surface area is 119 Å². The van der Waals surface area contributed by atoms with Gasteiger partial charge in [-0.15, -0.1) is 0 Å². The second-order valence-electron chi connectivity index (χ2n) is 5.18. The van der Waals surface area contributed by atoms with Crippen molar-refractivity contribution >= 4 is 11.7 Å². The average molecular weight is 278 g/mol. The van der Waals surface area contributed by atoms with Gasteiger partial charge in [0.1, 0.15) is 5.75 Å². The first kappa shape index (κ1) is 14.7. The number of likely N-dealkylation sites (tertiary alicyclic amines) is 1. The average Bonchev–Trinajstić information content (AvgIpc) is 2.90. The lowest BCUT2D eigenvalue weighted by molar-refractivity contribution is 0.197. The molecule has 1 aliphatic heterocycles. The molecule has 5 heteroatoms. The molecule has 0 saturated carbocycles. The lowest BCUT2D eigenvalue weighted by Crippen LogP contribution is -2.33. The maximum absolute atomic E-state index is 12.2. The number of hydrogen-bond acceptors (Lipinski definition) is 3. The lowest BCUT2D eigenvalue weighted by atomic mass is 9.95. The fourth-order valence-electron chi connectivity index (χ4n) is 2.68. The molecule has 0 aromatic heterocycles. The van der Waals surface area contributed by atoms with E-state index in [0.29, 0.717) is 24.8 Å². The fourth-order valence-corrected chi connectivity index (χ4v) is 2.68. The van der Waals surface area contributed by atoms with Crippen LogP contribution in [0.2, 0.25) is 0 Å². The van der Waals surface area contributed by atoms with Crippen LogP contribution in [-0.4, -0.2) is 42.8 Å². The molecule has 0 spiro atoms. The summed E-state index contributed by atoms with van der Waals surface area (Å²) in [7, 11) is 1.60. The number of aliphatic hydroxyl groups is 1. The largest absolute Gasteiger partial charge is 0.497 e. The second-order valence-corrected chi connectivity index (χ2v) is 5.18. The quantitative estimate of drug-likeness (QED) is 0.887. The maximum Gasteiger partial charge on any atom is 0.321 e. The molecule has 1 saturated heterocycles. The van der Waals surface area contributed by atoms with E-state index in [1.807, 2.05) is 18.2 Å². The first-order valence-corrected chi connectivity index (χ1v) is 6.98. The van der Waals surface area contributed by atoms with Crippen molar-refractivity contribution in [2.24, 2.45) is 11.8 Å². The van der Waals surface area contributed by atoms with Gasteiger partial charge in [-0.3, -0.25) is 0 Å². The van der Waals surface area contributed by atoms with Crippen LogP contribution in [0.3, 0.4) is 0 Å². The molecule has 1 aromatic rings. The normalized spacial score (nSPS) is 21.9. The Kier molecular flexibility index (Phi) is 4.84. The molecule has 2 N–H and O–H groups in total. The minimum atomic E-state index is -0.118. The van der Waals surface area contributed by atoms with Crippen molar-refractivity contribution in [2.45, 2.75) is 13.3 Å². The van der Waals surface area contributed by atoms with Gasteiger partial charge in [-0.1, -0.05) is 19.4 Å². The number of hydrogen-bond donors (Lipinski definition) is 2. The Balaban J connectivity index is 1.98. The van der Waals surface area contributed by atoms with Crippen molar-refractivity contribution < 1.29 is 14.6 Å². The van der Waals surface area contributed by atoms with Gasteiger partial charge in [0.2, 0.25) is 0 Å². The number of urea groups is 1. The zero-order valence-electron chi connectivity index (χ0n) is 12.0. The maximum atomic E-state index is 12.2. The second kappa shape index (κ2) is 6.61. The molecular formula is C15H22N2O3. The molecule has 0 unspecified atom stereocenters. The Morgan fingerprint density at radius 3 is 2.80 bits per heavy atom. The smallest absolute Gasteiger partial charge is 0.321 e. The van der Waals surface area contributed by atoms with E-state index in [9.17, 15) is 9.90 Å². The monoisotopic (exact) mass is 278 g/mol. The van der Waals surface area contributed by atoms with Crippen LogP contribution in [0.4, 0.5) is 10.5 Å². The van der Waals surface area contributed by atoms with Gasteiger partial charge in [0.25, 0.3) is 0 Å². The minimum Gasteiger partial charge on any atom is -0.497 e. The van der Waals surface area contributed by atoms with E-state index in [0.717, 1.165) is 12.1 Å². The number of aliphatic hydroxyl groups excluding tert-OH is 1. The summed E-state index contributed by atoms with van der Waals surface area (Å²) < 4.78 is 5.13. The fraction of sp³-hybridized carbons (Fsp3) is 0.533. The summed E-state index contributed by atoms with van der Waals surface area (Å²) in [6.07, 6.45) is 0.980. The number of carbonyl (C=O) groups is 1. The predicted octanol–water partition coefficient (Wildman–Crippen LogP) is 2.18. The third-order valence-corrected chi connectivity index (χ3v) is 3.94. The lowest BCUT2D eigenvalue weighted by Gasteiger charge is -2.17. The number of ether oxygens (including phenoxy) is 1. The summed E-state index contributed by atoms with van der Waals surface area (Å²) in [5.41, 5.74) is 0.717. The third-order valence-electron chi connectivity index (χ3n) is 3.94. The summed E-state index contributed by atoms with van der Waals surface area (Å²) in [6.45, 7) is 3.56. The molecule has 2 amide bonds. The van der Waals surface area contributed by atoms with Gasteiger partial charge in [-0.2, -0.15) is 0 Å². The molecule has 1 fully saturated rings. The SMILES string of the molecule is CC[C@@H]1CN(C(=O)Nc2cccc(OC)c2)C[C@@H]1CO. The number of methoxy groups -OCH3 is 1. The standard InChI is InChI=1S/C15H22N2O3/c1-3-11-8-17(9-12(11)10-18)15(19)16-13-5-4-6-14(7-13)20-2/h4-7,11-12,18H,3,8-10H2,1-2H3,(H,16,19)/t11-,12-/m1/s1. The van der Waals surface area contributed by atoms with E-state index in [2.05, 4.69) is 12.2 Å². The van der Waals surface area contributed by atoms with Crippen molar-refractivity contribution in [1.29, 1.82) is 0 Å². The molecule has 5 nitrogen and oxygen atoms in total. The number of nitrogens with zero attached hydrogens (tertiary/aromatic N) is 1. The van der Waals surface area contributed by atoms with Crippen LogP contribution in [0.25, 0.3) is 0 Å². The highest BCUT2D eigenvalue weighted by atomic mass is 16.5. The van der Waals surface area contributed by atoms with Gasteiger partial charge >= 0.3 is 6.03 Å². The topological polar surface area (TPSA) is 61.8 Å². The zero-order chi connectivity index (χ0) is 14.5. The van der Waals surface area contributed by atoms with Crippen LogP contribution < -0.4 is 10.1 Å². The highest BCUT2D eigenvalue weighted by Gasteiger charge is 2.33. The first-order chi connectivity index (χ1) is 9.67. The van der Waals surface area contributed by atoms with E-state index in [-0.39, 0.29) is 18.6 Å². The molecule has 1 aromatic carbocycles. The van der Waals surface area contributed by atoms with Gasteiger partial charge in [-0.25, -0.2) is 4.79 Å². The minimum absolute atomic E-state index is 0.118. The first-order valence-electron chi connectivity index (χ1n) is 6.98. The highest BCUT2D eigenvalue weighted by molar-refractivity contribution is 5.89. The molecule has 0 bridgehead atoms. The summed E-state index contributed by atoms with van der Waals surface area (Å²) in [4.78, 5) is 14.0. The number of anilines is 1. The van der Waals surface area contributed by atoms with Gasteiger partial charge < -0.3 is 20.1 Å². The summed E-state index contributed by atoms with van der Waals surface area (Å²) in [6, 6.07) is 7.17. The van der Waals surface area contributed by atoms with Gasteiger partial charge in [0.05, 0.1) is 7.11 Å². The predicted molar refractivity (Wildman–Crippen MR) is 77.9 cm³/mol. The molecule has 1 heterocycles. The van der Waals surface area contributed by atoms with Crippen LogP contribution >= 0.6 is 0 Å². The van der Waals surface area contributed by atoms with E-state index in [1.54, 1.807) is 18.1 Å². The van der Waals surface area contributed by atoms with Crippen molar-refractivity contribution in [3.63, 3.8) is 0 Å². The Morgan fingerprint density at radius 2 is 2.20 bits per heavy atom. The van der Waals surface area contributed by atoms with Crippen molar-refractivity contribution in [1.82, 2.24) is 4.90 Å². The van der Waals surface area contributed by atoms with E-state index in [1.165, 1.54) is 0 Å². The van der Waals surface area contributed by atoms with Crippen molar-refractivity contribution in [3.05, 3.63) is 24.3 Å². The van der Waals surface area contributed by atoms with Crippen molar-refractivity contribution in [3.8, 4) is 5.75 Å². The Bertz CT molecular complexity index is 452. The van der Waals surface area contributed by atoms with Crippen LogP contribution in [0, 0.1) is 11.8 Å². The highest BCUT2D eigenvalue weighted by Crippen LogP contribution is 2.26. The number of benzene rings is 1. The third kappa shape index (κ3) is 3.22. The summed E-state index contributed by atoms with van der Waals surface area (Å²) in [5.74, 6) is 1.29. The molecule has 110 valence electrons. The number of nitrogens with one attached hydrogen (secondary N) is 1. The van der Waals surface area contributed by atoms with Crippen molar-refractivity contribution in [2.75, 3.05) is 32.1 Å². The van der Waals surface area contributed by atoms with E-state index >= 15 is 0 Å². The Morgan fingerprint density at radius 1 is 1.45 bits per heavy atom. The summed E-state index contributed by atoms with van der Waals surface area (Å²) >= 11 is 0. The number of amides is 2. The van der Waals surface area contributed by atoms with Gasteiger partial charge in [-0.05, 0) is 18.1 Å².